The minimum atomic E-state index is 0.470. The van der Waals surface area contributed by atoms with Gasteiger partial charge in [-0.05, 0) is 52.6 Å². The molecule has 5 aromatic carbocycles. The lowest BCUT2D eigenvalue weighted by atomic mass is 9.96. The summed E-state index contributed by atoms with van der Waals surface area (Å²) in [5, 5.41) is 9.76. The van der Waals surface area contributed by atoms with Gasteiger partial charge in [0, 0.05) is 16.7 Å². The minimum Gasteiger partial charge on any atom is -0.208 e. The van der Waals surface area contributed by atoms with Crippen LogP contribution in [0, 0.1) is 11.3 Å². The molecule has 1 aromatic heterocycles. The van der Waals surface area contributed by atoms with E-state index in [0.29, 0.717) is 28.6 Å². The molecule has 0 radical (unpaired) electrons. The molecule has 0 fully saturated rings. The van der Waals surface area contributed by atoms with Crippen molar-refractivity contribution in [3.8, 4) is 62.5 Å². The fraction of sp³-hybridized carbons (Fsp3) is 0. The molecule has 0 saturated carbocycles. The number of nitriles is 1. The van der Waals surface area contributed by atoms with Crippen molar-refractivity contribution in [2.75, 3.05) is 0 Å². The molecule has 0 bridgehead atoms. The summed E-state index contributed by atoms with van der Waals surface area (Å²) in [4.78, 5) is 14.6. The lowest BCUT2D eigenvalue weighted by Gasteiger charge is -2.12. The first-order chi connectivity index (χ1) is 18.8. The summed E-state index contributed by atoms with van der Waals surface area (Å²) in [5.74, 6) is 1.58. The van der Waals surface area contributed by atoms with Crippen molar-refractivity contribution in [2.45, 2.75) is 0 Å². The molecular weight excluding hydrogens is 464 g/mol. The summed E-state index contributed by atoms with van der Waals surface area (Å²) in [6, 6.07) is 46.6. The zero-order valence-electron chi connectivity index (χ0n) is 20.5. The molecule has 1 heterocycles. The number of benzene rings is 5. The van der Waals surface area contributed by atoms with E-state index in [2.05, 4.69) is 48.5 Å². The lowest BCUT2D eigenvalue weighted by molar-refractivity contribution is 1.07. The normalized spacial score (nSPS) is 10.6. The molecule has 4 heteroatoms. The van der Waals surface area contributed by atoms with Crippen molar-refractivity contribution >= 4 is 0 Å². The Balaban J connectivity index is 1.60. The number of hydrogen-bond acceptors (Lipinski definition) is 4. The Morgan fingerprint density at radius 1 is 0.395 bits per heavy atom. The maximum absolute atomic E-state index is 9.76. The molecule has 0 amide bonds. The SMILES string of the molecule is N#Cc1ccccc1-c1nc(-c2ccccc2)nc(-c2cc(-c3ccccc3)cc(-c3ccccc3)c2)n1. The monoisotopic (exact) mass is 486 g/mol. The molecule has 178 valence electrons. The van der Waals surface area contributed by atoms with Gasteiger partial charge in [0.05, 0.1) is 11.6 Å². The van der Waals surface area contributed by atoms with Gasteiger partial charge in [-0.25, -0.2) is 15.0 Å². The van der Waals surface area contributed by atoms with E-state index in [4.69, 9.17) is 15.0 Å². The Morgan fingerprint density at radius 2 is 0.816 bits per heavy atom. The fourth-order valence-corrected chi connectivity index (χ4v) is 4.47. The maximum Gasteiger partial charge on any atom is 0.165 e. The van der Waals surface area contributed by atoms with Crippen LogP contribution in [0.1, 0.15) is 5.56 Å². The third-order valence-electron chi connectivity index (χ3n) is 6.36. The van der Waals surface area contributed by atoms with Crippen LogP contribution in [-0.4, -0.2) is 15.0 Å². The van der Waals surface area contributed by atoms with Crippen molar-refractivity contribution in [3.63, 3.8) is 0 Å². The van der Waals surface area contributed by atoms with E-state index in [9.17, 15) is 5.26 Å². The summed E-state index contributed by atoms with van der Waals surface area (Å²) < 4.78 is 0. The molecule has 0 unspecified atom stereocenters. The smallest absolute Gasteiger partial charge is 0.165 e. The fourth-order valence-electron chi connectivity index (χ4n) is 4.47. The van der Waals surface area contributed by atoms with Gasteiger partial charge in [-0.15, -0.1) is 0 Å². The average molecular weight is 487 g/mol. The van der Waals surface area contributed by atoms with Gasteiger partial charge in [0.25, 0.3) is 0 Å². The van der Waals surface area contributed by atoms with Crippen LogP contribution in [0.25, 0.3) is 56.4 Å². The van der Waals surface area contributed by atoms with Gasteiger partial charge in [-0.3, -0.25) is 0 Å². The second-order valence-electron chi connectivity index (χ2n) is 8.86. The highest BCUT2D eigenvalue weighted by Gasteiger charge is 2.16. The standard InChI is InChI=1S/C34H22N4/c35-23-27-18-10-11-19-31(27)34-37-32(26-16-8-3-9-17-26)36-33(38-34)30-21-28(24-12-4-1-5-13-24)20-29(22-30)25-14-6-2-7-15-25/h1-22H. The van der Waals surface area contributed by atoms with E-state index < -0.39 is 0 Å². The predicted octanol–water partition coefficient (Wildman–Crippen LogP) is 8.08. The summed E-state index contributed by atoms with van der Waals surface area (Å²) in [7, 11) is 0. The van der Waals surface area contributed by atoms with E-state index in [1.165, 1.54) is 0 Å². The zero-order valence-corrected chi connectivity index (χ0v) is 20.5. The van der Waals surface area contributed by atoms with E-state index in [1.807, 2.05) is 84.9 Å². The van der Waals surface area contributed by atoms with E-state index >= 15 is 0 Å². The van der Waals surface area contributed by atoms with E-state index in [-0.39, 0.29) is 0 Å². The Bertz CT molecular complexity index is 1700. The van der Waals surface area contributed by atoms with Gasteiger partial charge in [0.2, 0.25) is 0 Å². The molecule has 6 rings (SSSR count). The first-order valence-electron chi connectivity index (χ1n) is 12.4. The Labute approximate surface area is 221 Å². The quantitative estimate of drug-likeness (QED) is 0.247. The van der Waals surface area contributed by atoms with Crippen LogP contribution in [0.5, 0.6) is 0 Å². The predicted molar refractivity (Wildman–Crippen MR) is 152 cm³/mol. The number of hydrogen-bond donors (Lipinski definition) is 0. The largest absolute Gasteiger partial charge is 0.208 e. The van der Waals surface area contributed by atoms with Gasteiger partial charge < -0.3 is 0 Å². The maximum atomic E-state index is 9.76. The minimum absolute atomic E-state index is 0.470. The molecule has 0 spiro atoms. The molecule has 38 heavy (non-hydrogen) atoms. The number of aromatic nitrogens is 3. The van der Waals surface area contributed by atoms with Crippen molar-refractivity contribution in [2.24, 2.45) is 0 Å². The van der Waals surface area contributed by atoms with E-state index in [0.717, 1.165) is 33.4 Å². The van der Waals surface area contributed by atoms with Crippen molar-refractivity contribution in [3.05, 3.63) is 139 Å². The summed E-state index contributed by atoms with van der Waals surface area (Å²) in [6.07, 6.45) is 0. The van der Waals surface area contributed by atoms with Gasteiger partial charge in [-0.2, -0.15) is 5.26 Å². The highest BCUT2D eigenvalue weighted by atomic mass is 15.0. The first-order valence-corrected chi connectivity index (χ1v) is 12.4. The summed E-state index contributed by atoms with van der Waals surface area (Å²) in [6.45, 7) is 0. The molecule has 0 aliphatic carbocycles. The first kappa shape index (κ1) is 23.0. The second kappa shape index (κ2) is 10.3. The van der Waals surface area contributed by atoms with Crippen molar-refractivity contribution in [1.82, 2.24) is 15.0 Å². The van der Waals surface area contributed by atoms with Crippen molar-refractivity contribution < 1.29 is 0 Å². The average Bonchev–Trinajstić information content (AvgIpc) is 3.02. The van der Waals surface area contributed by atoms with Gasteiger partial charge in [0.1, 0.15) is 0 Å². The molecule has 0 aliphatic heterocycles. The Kier molecular flexibility index (Phi) is 6.24. The summed E-state index contributed by atoms with van der Waals surface area (Å²) >= 11 is 0. The summed E-state index contributed by atoms with van der Waals surface area (Å²) in [5.41, 5.74) is 7.32. The van der Waals surface area contributed by atoms with E-state index in [1.54, 1.807) is 6.07 Å². The van der Waals surface area contributed by atoms with Crippen LogP contribution >= 0.6 is 0 Å². The topological polar surface area (TPSA) is 62.5 Å². The Hall–Kier alpha value is -5.40. The zero-order chi connectivity index (χ0) is 25.7. The number of nitrogens with zero attached hydrogens (tertiary/aromatic N) is 4. The van der Waals surface area contributed by atoms with Crippen molar-refractivity contribution in [1.29, 1.82) is 5.26 Å². The van der Waals surface area contributed by atoms with Crippen LogP contribution in [0.4, 0.5) is 0 Å². The Morgan fingerprint density at radius 3 is 1.37 bits per heavy atom. The van der Waals surface area contributed by atoms with Crippen LogP contribution < -0.4 is 0 Å². The highest BCUT2D eigenvalue weighted by Crippen LogP contribution is 2.33. The van der Waals surface area contributed by atoms with Gasteiger partial charge in [0.15, 0.2) is 17.5 Å². The van der Waals surface area contributed by atoms with Crippen LogP contribution in [-0.2, 0) is 0 Å². The van der Waals surface area contributed by atoms with Crippen LogP contribution in [0.3, 0.4) is 0 Å². The molecule has 0 saturated heterocycles. The molecule has 0 aliphatic rings. The highest BCUT2D eigenvalue weighted by molar-refractivity contribution is 5.80. The number of rotatable bonds is 5. The third-order valence-corrected chi connectivity index (χ3v) is 6.36. The molecule has 4 nitrogen and oxygen atoms in total. The molecular formula is C34H22N4. The second-order valence-corrected chi connectivity index (χ2v) is 8.86. The van der Waals surface area contributed by atoms with Gasteiger partial charge in [-0.1, -0.05) is 103 Å². The third kappa shape index (κ3) is 4.69. The molecule has 0 atom stereocenters. The lowest BCUT2D eigenvalue weighted by Crippen LogP contribution is -2.01. The van der Waals surface area contributed by atoms with Gasteiger partial charge >= 0.3 is 0 Å². The molecule has 0 N–H and O–H groups in total. The van der Waals surface area contributed by atoms with Crippen LogP contribution in [0.15, 0.2) is 133 Å². The van der Waals surface area contributed by atoms with Crippen LogP contribution in [0.2, 0.25) is 0 Å². The molecule has 6 aromatic rings.